The van der Waals surface area contributed by atoms with Gasteiger partial charge in [-0.3, -0.25) is 14.5 Å². The van der Waals surface area contributed by atoms with E-state index in [1.807, 2.05) is 102 Å². The largest absolute Gasteiger partial charge is 0.457 e. The van der Waals surface area contributed by atoms with Crippen molar-refractivity contribution in [3.63, 3.8) is 0 Å². The predicted molar refractivity (Wildman–Crippen MR) is 156 cm³/mol. The fourth-order valence-corrected chi connectivity index (χ4v) is 6.18. The molecular weight excluding hydrogens is 514 g/mol. The zero-order chi connectivity index (χ0) is 27.8. The van der Waals surface area contributed by atoms with Crippen LogP contribution < -0.4 is 14.8 Å². The van der Waals surface area contributed by atoms with E-state index in [0.717, 1.165) is 64.9 Å². The third kappa shape index (κ3) is 4.72. The van der Waals surface area contributed by atoms with Gasteiger partial charge in [-0.15, -0.1) is 0 Å². The average Bonchev–Trinajstić information content (AvgIpc) is 3.02. The number of rotatable bonds is 5. The van der Waals surface area contributed by atoms with Crippen molar-refractivity contribution >= 4 is 11.8 Å². The van der Waals surface area contributed by atoms with Crippen molar-refractivity contribution in [2.24, 2.45) is 0 Å². The summed E-state index contributed by atoms with van der Waals surface area (Å²) < 4.78 is 12.1. The maximum Gasteiger partial charge on any atom is 0.234 e. The molecule has 0 bridgehead atoms. The quantitative estimate of drug-likeness (QED) is 0.377. The van der Waals surface area contributed by atoms with Crippen molar-refractivity contribution in [1.29, 1.82) is 0 Å². The SMILES string of the molecule is O=C(NCCN1CCN(C(=O)C2c3ccccc3Oc3ccccc32)CC1)C1c2ccccc2Oc2ccccc21. The summed E-state index contributed by atoms with van der Waals surface area (Å²) in [6.45, 7) is 4.08. The number of carbonyl (C=O) groups excluding carboxylic acids is 2. The molecule has 1 saturated heterocycles. The molecule has 2 amide bonds. The topological polar surface area (TPSA) is 71.1 Å². The Kier molecular flexibility index (Phi) is 6.65. The second kappa shape index (κ2) is 10.7. The highest BCUT2D eigenvalue weighted by molar-refractivity contribution is 5.90. The summed E-state index contributed by atoms with van der Waals surface area (Å²) in [5.74, 6) is 2.24. The normalized spacial score (nSPS) is 16.3. The van der Waals surface area contributed by atoms with Gasteiger partial charge >= 0.3 is 0 Å². The molecule has 1 fully saturated rings. The molecule has 0 aliphatic carbocycles. The van der Waals surface area contributed by atoms with Gasteiger partial charge in [0.05, 0.1) is 11.8 Å². The average molecular weight is 546 g/mol. The van der Waals surface area contributed by atoms with Crippen molar-refractivity contribution in [3.05, 3.63) is 119 Å². The van der Waals surface area contributed by atoms with E-state index in [1.54, 1.807) is 0 Å². The Bertz CT molecular complexity index is 1520. The number of hydrogen-bond acceptors (Lipinski definition) is 5. The number of nitrogens with zero attached hydrogens (tertiary/aromatic N) is 2. The van der Waals surface area contributed by atoms with Crippen LogP contribution in [0.15, 0.2) is 97.1 Å². The third-order valence-electron chi connectivity index (χ3n) is 8.28. The highest BCUT2D eigenvalue weighted by Crippen LogP contribution is 2.45. The Morgan fingerprint density at radius 1 is 0.610 bits per heavy atom. The lowest BCUT2D eigenvalue weighted by Crippen LogP contribution is -2.51. The van der Waals surface area contributed by atoms with Gasteiger partial charge in [0.1, 0.15) is 23.0 Å². The summed E-state index contributed by atoms with van der Waals surface area (Å²) in [4.78, 5) is 31.6. The van der Waals surface area contributed by atoms with E-state index in [1.165, 1.54) is 0 Å². The van der Waals surface area contributed by atoms with E-state index >= 15 is 0 Å². The second-order valence-corrected chi connectivity index (χ2v) is 10.7. The summed E-state index contributed by atoms with van der Waals surface area (Å²) in [6.07, 6.45) is 0. The first-order valence-corrected chi connectivity index (χ1v) is 14.2. The Morgan fingerprint density at radius 3 is 1.49 bits per heavy atom. The molecule has 3 aliphatic heterocycles. The van der Waals surface area contributed by atoms with Gasteiger partial charge in [0.2, 0.25) is 11.8 Å². The molecule has 206 valence electrons. The van der Waals surface area contributed by atoms with Gasteiger partial charge in [0.25, 0.3) is 0 Å². The van der Waals surface area contributed by atoms with Gasteiger partial charge in [-0.05, 0) is 24.3 Å². The summed E-state index contributed by atoms with van der Waals surface area (Å²) in [6, 6.07) is 31.1. The van der Waals surface area contributed by atoms with Crippen LogP contribution in [-0.2, 0) is 9.59 Å². The van der Waals surface area contributed by atoms with E-state index in [2.05, 4.69) is 10.2 Å². The molecule has 0 spiro atoms. The molecule has 3 aliphatic rings. The Hall–Kier alpha value is -4.62. The highest BCUT2D eigenvalue weighted by Gasteiger charge is 2.36. The lowest BCUT2D eigenvalue weighted by atomic mass is 9.86. The molecule has 7 nitrogen and oxygen atoms in total. The minimum Gasteiger partial charge on any atom is -0.457 e. The van der Waals surface area contributed by atoms with Crippen molar-refractivity contribution in [1.82, 2.24) is 15.1 Å². The van der Waals surface area contributed by atoms with Crippen LogP contribution in [0.1, 0.15) is 34.1 Å². The van der Waals surface area contributed by atoms with Gasteiger partial charge in [0.15, 0.2) is 0 Å². The Labute approximate surface area is 239 Å². The monoisotopic (exact) mass is 545 g/mol. The molecule has 4 aromatic rings. The molecule has 4 aromatic carbocycles. The van der Waals surface area contributed by atoms with Crippen molar-refractivity contribution in [2.75, 3.05) is 39.3 Å². The number of hydrogen-bond donors (Lipinski definition) is 1. The number of piperazine rings is 1. The molecule has 0 saturated carbocycles. The first kappa shape index (κ1) is 25.4. The first-order valence-electron chi connectivity index (χ1n) is 14.2. The molecule has 0 unspecified atom stereocenters. The molecule has 0 aromatic heterocycles. The van der Waals surface area contributed by atoms with Gasteiger partial charge in [-0.25, -0.2) is 0 Å². The molecule has 0 radical (unpaired) electrons. The fraction of sp³-hybridized carbons (Fsp3) is 0.235. The molecular formula is C34H31N3O4. The van der Waals surface area contributed by atoms with Crippen LogP contribution in [0, 0.1) is 0 Å². The van der Waals surface area contributed by atoms with Crippen molar-refractivity contribution < 1.29 is 19.1 Å². The van der Waals surface area contributed by atoms with Crippen molar-refractivity contribution in [3.8, 4) is 23.0 Å². The fourth-order valence-electron chi connectivity index (χ4n) is 6.18. The first-order chi connectivity index (χ1) is 20.2. The van der Waals surface area contributed by atoms with Gasteiger partial charge in [-0.2, -0.15) is 0 Å². The van der Waals surface area contributed by atoms with E-state index < -0.39 is 5.92 Å². The van der Waals surface area contributed by atoms with Crippen LogP contribution in [0.4, 0.5) is 0 Å². The number of fused-ring (bicyclic) bond motifs is 4. The number of para-hydroxylation sites is 4. The molecule has 7 rings (SSSR count). The minimum absolute atomic E-state index is 0.0288. The molecule has 1 N–H and O–H groups in total. The predicted octanol–water partition coefficient (Wildman–Crippen LogP) is 5.12. The van der Waals surface area contributed by atoms with E-state index in [0.29, 0.717) is 19.6 Å². The third-order valence-corrected chi connectivity index (χ3v) is 8.28. The molecule has 41 heavy (non-hydrogen) atoms. The zero-order valence-corrected chi connectivity index (χ0v) is 22.7. The van der Waals surface area contributed by atoms with Crippen LogP contribution in [0.25, 0.3) is 0 Å². The minimum atomic E-state index is -0.407. The van der Waals surface area contributed by atoms with Crippen LogP contribution in [0.5, 0.6) is 23.0 Å². The number of carbonyl (C=O) groups is 2. The lowest BCUT2D eigenvalue weighted by Gasteiger charge is -2.38. The van der Waals surface area contributed by atoms with Crippen LogP contribution in [-0.4, -0.2) is 60.9 Å². The number of ether oxygens (including phenoxy) is 2. The standard InChI is InChI=1S/C34H31N3O4/c38-33(31-23-9-1-5-13-27(23)40-28-14-6-2-10-24(28)31)35-17-18-36-19-21-37(22-20-36)34(39)32-25-11-3-7-15-29(25)41-30-16-8-4-12-26(30)32/h1-16,31-32H,17-22H2,(H,35,38). The van der Waals surface area contributed by atoms with Gasteiger partial charge in [-0.1, -0.05) is 72.8 Å². The van der Waals surface area contributed by atoms with E-state index in [4.69, 9.17) is 9.47 Å². The Balaban J connectivity index is 0.975. The summed E-state index contributed by atoms with van der Waals surface area (Å²) in [7, 11) is 0. The number of benzene rings is 4. The number of nitrogens with one attached hydrogen (secondary N) is 1. The van der Waals surface area contributed by atoms with E-state index in [9.17, 15) is 9.59 Å². The maximum atomic E-state index is 13.8. The zero-order valence-electron chi connectivity index (χ0n) is 22.7. The maximum absolute atomic E-state index is 13.8. The van der Waals surface area contributed by atoms with Crippen LogP contribution in [0.2, 0.25) is 0 Å². The summed E-state index contributed by atoms with van der Waals surface area (Å²) >= 11 is 0. The Morgan fingerprint density at radius 2 is 1.02 bits per heavy atom. The summed E-state index contributed by atoms with van der Waals surface area (Å²) in [5.41, 5.74) is 3.59. The van der Waals surface area contributed by atoms with E-state index in [-0.39, 0.29) is 17.7 Å². The van der Waals surface area contributed by atoms with Gasteiger partial charge in [0, 0.05) is 61.5 Å². The van der Waals surface area contributed by atoms with Crippen LogP contribution >= 0.6 is 0 Å². The molecule has 3 heterocycles. The highest BCUT2D eigenvalue weighted by atomic mass is 16.5. The van der Waals surface area contributed by atoms with Crippen LogP contribution in [0.3, 0.4) is 0 Å². The van der Waals surface area contributed by atoms with Gasteiger partial charge < -0.3 is 19.7 Å². The second-order valence-electron chi connectivity index (χ2n) is 10.7. The smallest absolute Gasteiger partial charge is 0.234 e. The molecule has 7 heteroatoms. The molecule has 0 atom stereocenters. The summed E-state index contributed by atoms with van der Waals surface area (Å²) in [5, 5.41) is 3.16. The lowest BCUT2D eigenvalue weighted by molar-refractivity contribution is -0.133. The van der Waals surface area contributed by atoms with Crippen molar-refractivity contribution in [2.45, 2.75) is 11.8 Å². The number of amides is 2.